The predicted molar refractivity (Wildman–Crippen MR) is 130 cm³/mol. The van der Waals surface area contributed by atoms with Gasteiger partial charge in [-0.15, -0.1) is 11.3 Å². The van der Waals surface area contributed by atoms with Gasteiger partial charge >= 0.3 is 5.97 Å². The number of nitrogens with one attached hydrogen (secondary N) is 1. The quantitative estimate of drug-likeness (QED) is 0.506. The summed E-state index contributed by atoms with van der Waals surface area (Å²) in [6, 6.07) is 6.80. The molecule has 1 fully saturated rings. The van der Waals surface area contributed by atoms with Crippen LogP contribution < -0.4 is 10.9 Å². The van der Waals surface area contributed by atoms with Crippen LogP contribution in [0.4, 0.5) is 5.69 Å². The first kappa shape index (κ1) is 23.2. The van der Waals surface area contributed by atoms with Crippen molar-refractivity contribution >= 4 is 39.1 Å². The lowest BCUT2D eigenvalue weighted by molar-refractivity contribution is -0.119. The second kappa shape index (κ2) is 9.87. The van der Waals surface area contributed by atoms with E-state index in [1.807, 2.05) is 38.1 Å². The molecule has 7 nitrogen and oxygen atoms in total. The molecule has 1 saturated carbocycles. The minimum atomic E-state index is -0.716. The SMILES string of the molecule is CCC(C(=O)Nc1cccc(C)c1)n1cnc2sc(C(=O)OC3CCCCC3)c(C)c2c1=O. The van der Waals surface area contributed by atoms with E-state index in [1.54, 1.807) is 6.92 Å². The largest absolute Gasteiger partial charge is 0.458 e. The molecule has 4 rings (SSSR count). The molecule has 2 heterocycles. The molecule has 1 amide bonds. The molecule has 0 saturated heterocycles. The number of carbonyl (C=O) groups excluding carboxylic acids is 2. The van der Waals surface area contributed by atoms with Gasteiger partial charge in [0.1, 0.15) is 21.9 Å². The molecule has 1 aliphatic rings. The highest BCUT2D eigenvalue weighted by atomic mass is 32.1. The number of hydrogen-bond donors (Lipinski definition) is 1. The third kappa shape index (κ3) is 4.85. The van der Waals surface area contributed by atoms with Crippen LogP contribution in [0, 0.1) is 13.8 Å². The van der Waals surface area contributed by atoms with Gasteiger partial charge in [0.25, 0.3) is 5.56 Å². The van der Waals surface area contributed by atoms with Crippen LogP contribution in [-0.2, 0) is 9.53 Å². The molecule has 174 valence electrons. The Hall–Kier alpha value is -3.00. The summed E-state index contributed by atoms with van der Waals surface area (Å²) >= 11 is 1.18. The summed E-state index contributed by atoms with van der Waals surface area (Å²) < 4.78 is 7.08. The highest BCUT2D eigenvalue weighted by Gasteiger charge is 2.26. The van der Waals surface area contributed by atoms with Crippen LogP contribution in [0.25, 0.3) is 10.2 Å². The van der Waals surface area contributed by atoms with Crippen molar-refractivity contribution in [3.63, 3.8) is 0 Å². The lowest BCUT2D eigenvalue weighted by Crippen LogP contribution is -2.33. The highest BCUT2D eigenvalue weighted by Crippen LogP contribution is 2.30. The lowest BCUT2D eigenvalue weighted by atomic mass is 9.98. The van der Waals surface area contributed by atoms with Crippen LogP contribution in [0.15, 0.2) is 35.4 Å². The Labute approximate surface area is 196 Å². The predicted octanol–water partition coefficient (Wildman–Crippen LogP) is 5.15. The standard InChI is InChI=1S/C25H29N3O4S/c1-4-19(22(29)27-17-10-8-9-15(2)13-17)28-14-26-23-20(24(28)30)16(3)21(33-23)25(31)32-18-11-6-5-7-12-18/h8-10,13-14,18-19H,4-7,11-12H2,1-3H3,(H,27,29). The number of amides is 1. The zero-order valence-corrected chi connectivity index (χ0v) is 20.0. The zero-order valence-electron chi connectivity index (χ0n) is 19.2. The fraction of sp³-hybridized carbons (Fsp3) is 0.440. The first-order valence-electron chi connectivity index (χ1n) is 11.5. The van der Waals surface area contributed by atoms with E-state index in [0.717, 1.165) is 31.2 Å². The molecule has 0 spiro atoms. The van der Waals surface area contributed by atoms with Gasteiger partial charge in [-0.3, -0.25) is 14.2 Å². The van der Waals surface area contributed by atoms with E-state index >= 15 is 0 Å². The van der Waals surface area contributed by atoms with Crippen molar-refractivity contribution in [2.75, 3.05) is 5.32 Å². The molecule has 1 aromatic carbocycles. The molecule has 0 aliphatic heterocycles. The number of hydrogen-bond acceptors (Lipinski definition) is 6. The van der Waals surface area contributed by atoms with Crippen LogP contribution in [-0.4, -0.2) is 27.5 Å². The third-order valence-electron chi connectivity index (χ3n) is 6.20. The Morgan fingerprint density at radius 3 is 2.70 bits per heavy atom. The van der Waals surface area contributed by atoms with Crippen LogP contribution in [0.5, 0.6) is 0 Å². The number of ether oxygens (including phenoxy) is 1. The average Bonchev–Trinajstić information content (AvgIpc) is 3.14. The fourth-order valence-electron chi connectivity index (χ4n) is 4.40. The minimum Gasteiger partial charge on any atom is -0.458 e. The van der Waals surface area contributed by atoms with E-state index < -0.39 is 12.0 Å². The average molecular weight is 468 g/mol. The molecule has 1 aliphatic carbocycles. The van der Waals surface area contributed by atoms with Crippen molar-refractivity contribution in [2.45, 2.75) is 71.4 Å². The smallest absolute Gasteiger partial charge is 0.348 e. The molecule has 8 heteroatoms. The monoisotopic (exact) mass is 467 g/mol. The molecule has 1 atom stereocenters. The molecule has 0 bridgehead atoms. The minimum absolute atomic E-state index is 0.0599. The number of anilines is 1. The number of aryl methyl sites for hydroxylation is 2. The Bertz CT molecular complexity index is 1240. The van der Waals surface area contributed by atoms with Gasteiger partial charge in [-0.1, -0.05) is 25.5 Å². The van der Waals surface area contributed by atoms with Crippen molar-refractivity contribution in [2.24, 2.45) is 0 Å². The molecular weight excluding hydrogens is 438 g/mol. The molecule has 2 aromatic heterocycles. The summed E-state index contributed by atoms with van der Waals surface area (Å²) in [5.74, 6) is -0.672. The number of nitrogens with zero attached hydrogens (tertiary/aromatic N) is 2. The van der Waals surface area contributed by atoms with Gasteiger partial charge in [0.2, 0.25) is 5.91 Å². The normalized spacial score (nSPS) is 15.4. The summed E-state index contributed by atoms with van der Waals surface area (Å²) in [4.78, 5) is 44.5. The molecule has 1 unspecified atom stereocenters. The number of benzene rings is 1. The topological polar surface area (TPSA) is 90.3 Å². The highest BCUT2D eigenvalue weighted by molar-refractivity contribution is 7.20. The van der Waals surface area contributed by atoms with Gasteiger partial charge in [-0.25, -0.2) is 9.78 Å². The number of aromatic nitrogens is 2. The van der Waals surface area contributed by atoms with Gasteiger partial charge in [0.05, 0.1) is 11.7 Å². The number of fused-ring (bicyclic) bond motifs is 1. The Morgan fingerprint density at radius 1 is 1.24 bits per heavy atom. The summed E-state index contributed by atoms with van der Waals surface area (Å²) in [7, 11) is 0. The first-order chi connectivity index (χ1) is 15.9. The van der Waals surface area contributed by atoms with Crippen LogP contribution in [0.1, 0.15) is 72.3 Å². The fourth-order valence-corrected chi connectivity index (χ4v) is 5.42. The van der Waals surface area contributed by atoms with E-state index in [4.69, 9.17) is 4.74 Å². The van der Waals surface area contributed by atoms with Gasteiger partial charge < -0.3 is 10.1 Å². The van der Waals surface area contributed by atoms with Gasteiger partial charge in [0, 0.05) is 5.69 Å². The second-order valence-corrected chi connectivity index (χ2v) is 9.64. The molecule has 3 aromatic rings. The van der Waals surface area contributed by atoms with Crippen LogP contribution in [0.2, 0.25) is 0 Å². The first-order valence-corrected chi connectivity index (χ1v) is 12.3. The van der Waals surface area contributed by atoms with Crippen molar-refractivity contribution < 1.29 is 14.3 Å². The Balaban J connectivity index is 1.62. The van der Waals surface area contributed by atoms with Crippen molar-refractivity contribution in [1.29, 1.82) is 0 Å². The maximum absolute atomic E-state index is 13.4. The molecule has 0 radical (unpaired) electrons. The lowest BCUT2D eigenvalue weighted by Gasteiger charge is -2.21. The number of carbonyl (C=O) groups is 2. The zero-order chi connectivity index (χ0) is 23.5. The second-order valence-electron chi connectivity index (χ2n) is 8.64. The summed E-state index contributed by atoms with van der Waals surface area (Å²) in [5.41, 5.74) is 1.95. The van der Waals surface area contributed by atoms with E-state index in [1.165, 1.54) is 28.7 Å². The Kier molecular flexibility index (Phi) is 6.93. The maximum Gasteiger partial charge on any atom is 0.348 e. The van der Waals surface area contributed by atoms with Crippen molar-refractivity contribution in [3.05, 3.63) is 57.0 Å². The summed E-state index contributed by atoms with van der Waals surface area (Å²) in [6.07, 6.45) is 6.84. The molecule has 1 N–H and O–H groups in total. The third-order valence-corrected chi connectivity index (χ3v) is 7.38. The summed E-state index contributed by atoms with van der Waals surface area (Å²) in [6.45, 7) is 5.55. The maximum atomic E-state index is 13.4. The number of thiophene rings is 1. The van der Waals surface area contributed by atoms with Crippen molar-refractivity contribution in [3.8, 4) is 0 Å². The van der Waals surface area contributed by atoms with Gasteiger partial charge in [-0.2, -0.15) is 0 Å². The van der Waals surface area contributed by atoms with E-state index in [9.17, 15) is 14.4 Å². The molecule has 33 heavy (non-hydrogen) atoms. The van der Waals surface area contributed by atoms with Gasteiger partial charge in [-0.05, 0) is 69.2 Å². The van der Waals surface area contributed by atoms with Gasteiger partial charge in [0.15, 0.2) is 0 Å². The van der Waals surface area contributed by atoms with E-state index in [0.29, 0.717) is 32.8 Å². The van der Waals surface area contributed by atoms with E-state index in [2.05, 4.69) is 10.3 Å². The van der Waals surface area contributed by atoms with E-state index in [-0.39, 0.29) is 17.6 Å². The number of rotatable bonds is 6. The Morgan fingerprint density at radius 2 is 2.00 bits per heavy atom. The molecular formula is C25H29N3O4S. The number of esters is 1. The van der Waals surface area contributed by atoms with Crippen molar-refractivity contribution in [1.82, 2.24) is 9.55 Å². The van der Waals surface area contributed by atoms with Crippen LogP contribution in [0.3, 0.4) is 0 Å². The summed E-state index contributed by atoms with van der Waals surface area (Å²) in [5, 5.41) is 3.27. The van der Waals surface area contributed by atoms with Crippen LogP contribution >= 0.6 is 11.3 Å².